The third-order valence-corrected chi connectivity index (χ3v) is 6.28. The minimum atomic E-state index is -0.848. The van der Waals surface area contributed by atoms with Gasteiger partial charge in [-0.25, -0.2) is 0 Å². The fraction of sp³-hybridized carbons (Fsp3) is 0.690. The molecule has 0 aliphatic heterocycles. The molecule has 0 unspecified atom stereocenters. The fourth-order valence-electron chi connectivity index (χ4n) is 4.11. The molecule has 1 aromatic carbocycles. The lowest BCUT2D eigenvalue weighted by Gasteiger charge is -2.19. The lowest BCUT2D eigenvalue weighted by Crippen LogP contribution is -2.36. The van der Waals surface area contributed by atoms with Crippen molar-refractivity contribution in [2.45, 2.75) is 128 Å². The van der Waals surface area contributed by atoms with E-state index in [9.17, 15) is 14.4 Å². The van der Waals surface area contributed by atoms with E-state index >= 15 is 0 Å². The molecule has 8 heteroatoms. The van der Waals surface area contributed by atoms with E-state index in [0.717, 1.165) is 24.8 Å². The second-order valence-corrected chi connectivity index (χ2v) is 9.70. The predicted octanol–water partition coefficient (Wildman–Crippen LogP) is 6.14. The zero-order valence-corrected chi connectivity index (χ0v) is 23.5. The van der Waals surface area contributed by atoms with Gasteiger partial charge in [0.15, 0.2) is 0 Å². The van der Waals surface area contributed by atoms with Gasteiger partial charge in [-0.15, -0.1) is 12.4 Å². The molecule has 4 N–H and O–H groups in total. The maximum absolute atomic E-state index is 12.4. The number of hydrogen-bond acceptors (Lipinski definition) is 6. The average molecular weight is 541 g/mol. The van der Waals surface area contributed by atoms with Crippen molar-refractivity contribution < 1.29 is 23.9 Å². The predicted molar refractivity (Wildman–Crippen MR) is 150 cm³/mol. The lowest BCUT2D eigenvalue weighted by molar-refractivity contribution is -0.153. The molecule has 0 aliphatic rings. The molecule has 1 aromatic rings. The standard InChI is InChI=1S/C29H48N2O5.ClH/c1-2-3-4-5-6-7-8-9-10-11-15-19-25(22-27(31)32)36-29(34)26(30)20-16-21-28(33)35-23-24-17-13-12-14-18-24;/h12-14,17-18,25-26H,2-11,15-16,19-23,30H2,1H3,(H2,31,32);1H/t25-,26-;/m0./s1. The highest BCUT2D eigenvalue weighted by Gasteiger charge is 2.22. The van der Waals surface area contributed by atoms with Crippen LogP contribution >= 0.6 is 12.4 Å². The maximum Gasteiger partial charge on any atom is 0.323 e. The molecule has 2 atom stereocenters. The number of hydrogen-bond donors (Lipinski definition) is 2. The molecule has 1 rings (SSSR count). The van der Waals surface area contributed by atoms with Crippen LogP contribution in [0.15, 0.2) is 30.3 Å². The highest BCUT2D eigenvalue weighted by molar-refractivity contribution is 5.85. The molecule has 0 spiro atoms. The van der Waals surface area contributed by atoms with Gasteiger partial charge in [-0.2, -0.15) is 0 Å². The van der Waals surface area contributed by atoms with E-state index in [2.05, 4.69) is 6.92 Å². The number of nitrogens with two attached hydrogens (primary N) is 2. The summed E-state index contributed by atoms with van der Waals surface area (Å²) in [4.78, 5) is 35.7. The third kappa shape index (κ3) is 19.6. The van der Waals surface area contributed by atoms with Crippen LogP contribution < -0.4 is 11.5 Å². The van der Waals surface area contributed by atoms with E-state index in [4.69, 9.17) is 20.9 Å². The largest absolute Gasteiger partial charge is 0.461 e. The van der Waals surface area contributed by atoms with Crippen LogP contribution in [0.4, 0.5) is 0 Å². The molecule has 7 nitrogen and oxygen atoms in total. The average Bonchev–Trinajstić information content (AvgIpc) is 2.86. The number of unbranched alkanes of at least 4 members (excludes halogenated alkanes) is 10. The Bertz CT molecular complexity index is 732. The smallest absolute Gasteiger partial charge is 0.323 e. The molecular weight excluding hydrogens is 492 g/mol. The number of carbonyl (C=O) groups is 3. The highest BCUT2D eigenvalue weighted by atomic mass is 35.5. The summed E-state index contributed by atoms with van der Waals surface area (Å²) in [6.07, 6.45) is 14.4. The van der Waals surface area contributed by atoms with Crippen LogP contribution in [0.1, 0.15) is 115 Å². The van der Waals surface area contributed by atoms with Crippen LogP contribution in [-0.2, 0) is 30.5 Å². The van der Waals surface area contributed by atoms with E-state index in [1.54, 1.807) is 0 Å². The SMILES string of the molecule is CCCCCCCCCCCCC[C@@H](CC(N)=O)OC(=O)[C@@H](N)CCCC(=O)OCc1ccccc1.Cl. The minimum absolute atomic E-state index is 0. The van der Waals surface area contributed by atoms with Gasteiger partial charge in [0.25, 0.3) is 0 Å². The summed E-state index contributed by atoms with van der Waals surface area (Å²) in [5.41, 5.74) is 12.2. The van der Waals surface area contributed by atoms with Crippen molar-refractivity contribution in [2.24, 2.45) is 11.5 Å². The summed E-state index contributed by atoms with van der Waals surface area (Å²) < 4.78 is 10.7. The molecule has 0 heterocycles. The fourth-order valence-corrected chi connectivity index (χ4v) is 4.11. The van der Waals surface area contributed by atoms with Crippen LogP contribution in [0, 0.1) is 0 Å². The molecule has 0 fully saturated rings. The second-order valence-electron chi connectivity index (χ2n) is 9.70. The van der Waals surface area contributed by atoms with Crippen molar-refractivity contribution in [3.63, 3.8) is 0 Å². The van der Waals surface area contributed by atoms with Crippen molar-refractivity contribution in [1.29, 1.82) is 0 Å². The summed E-state index contributed by atoms with van der Waals surface area (Å²) in [5, 5.41) is 0. The number of rotatable bonds is 22. The first-order valence-corrected chi connectivity index (χ1v) is 13.9. The molecule has 212 valence electrons. The zero-order valence-electron chi connectivity index (χ0n) is 22.7. The Morgan fingerprint density at radius 3 is 1.95 bits per heavy atom. The third-order valence-electron chi connectivity index (χ3n) is 6.28. The van der Waals surface area contributed by atoms with Gasteiger partial charge in [-0.05, 0) is 31.2 Å². The van der Waals surface area contributed by atoms with Gasteiger partial charge in [-0.3, -0.25) is 14.4 Å². The van der Waals surface area contributed by atoms with Crippen LogP contribution in [0.25, 0.3) is 0 Å². The van der Waals surface area contributed by atoms with Crippen LogP contribution in [-0.4, -0.2) is 30.0 Å². The zero-order chi connectivity index (χ0) is 26.4. The molecule has 0 aromatic heterocycles. The van der Waals surface area contributed by atoms with Crippen molar-refractivity contribution >= 4 is 30.3 Å². The van der Waals surface area contributed by atoms with Crippen molar-refractivity contribution in [1.82, 2.24) is 0 Å². The molecule has 0 saturated heterocycles. The molecule has 0 bridgehead atoms. The van der Waals surface area contributed by atoms with Gasteiger partial charge in [0.05, 0.1) is 6.42 Å². The number of halogens is 1. The minimum Gasteiger partial charge on any atom is -0.461 e. The Labute approximate surface area is 229 Å². The molecule has 0 radical (unpaired) electrons. The Morgan fingerprint density at radius 1 is 0.811 bits per heavy atom. The summed E-state index contributed by atoms with van der Waals surface area (Å²) in [7, 11) is 0. The number of carbonyl (C=O) groups excluding carboxylic acids is 3. The Morgan fingerprint density at radius 2 is 1.38 bits per heavy atom. The summed E-state index contributed by atoms with van der Waals surface area (Å²) >= 11 is 0. The molecule has 1 amide bonds. The number of esters is 2. The Hall–Kier alpha value is -2.12. The number of amides is 1. The van der Waals surface area contributed by atoms with Gasteiger partial charge in [0.1, 0.15) is 18.8 Å². The first-order valence-electron chi connectivity index (χ1n) is 13.9. The maximum atomic E-state index is 12.4. The molecular formula is C29H49ClN2O5. The number of ether oxygens (including phenoxy) is 2. The first kappa shape index (κ1) is 34.9. The first-order chi connectivity index (χ1) is 17.4. The van der Waals surface area contributed by atoms with Gasteiger partial charge in [0, 0.05) is 6.42 Å². The monoisotopic (exact) mass is 540 g/mol. The van der Waals surface area contributed by atoms with E-state index in [1.807, 2.05) is 30.3 Å². The number of benzene rings is 1. The second kappa shape index (κ2) is 23.0. The van der Waals surface area contributed by atoms with Crippen LogP contribution in [0.5, 0.6) is 0 Å². The van der Waals surface area contributed by atoms with Crippen molar-refractivity contribution in [3.8, 4) is 0 Å². The van der Waals surface area contributed by atoms with Crippen LogP contribution in [0.3, 0.4) is 0 Å². The lowest BCUT2D eigenvalue weighted by atomic mass is 10.0. The van der Waals surface area contributed by atoms with Crippen molar-refractivity contribution in [2.75, 3.05) is 0 Å². The summed E-state index contributed by atoms with van der Waals surface area (Å²) in [5.74, 6) is -1.38. The molecule has 37 heavy (non-hydrogen) atoms. The Balaban J connectivity index is 0.0000130. The van der Waals surface area contributed by atoms with Crippen molar-refractivity contribution in [3.05, 3.63) is 35.9 Å². The Kier molecular flexibility index (Phi) is 21.7. The number of primary amides is 1. The molecule has 0 saturated carbocycles. The van der Waals surface area contributed by atoms with Gasteiger partial charge in [-0.1, -0.05) is 101 Å². The highest BCUT2D eigenvalue weighted by Crippen LogP contribution is 2.16. The summed E-state index contributed by atoms with van der Waals surface area (Å²) in [6, 6.07) is 8.60. The van der Waals surface area contributed by atoms with Gasteiger partial charge < -0.3 is 20.9 Å². The quantitative estimate of drug-likeness (QED) is 0.134. The summed E-state index contributed by atoms with van der Waals surface area (Å²) in [6.45, 7) is 2.46. The van der Waals surface area contributed by atoms with Gasteiger partial charge in [0.2, 0.25) is 5.91 Å². The normalized spacial score (nSPS) is 12.3. The van der Waals surface area contributed by atoms with E-state index in [1.165, 1.54) is 51.4 Å². The van der Waals surface area contributed by atoms with E-state index < -0.39 is 24.0 Å². The molecule has 0 aliphatic carbocycles. The van der Waals surface area contributed by atoms with E-state index in [-0.39, 0.29) is 37.8 Å². The van der Waals surface area contributed by atoms with Crippen LogP contribution in [0.2, 0.25) is 0 Å². The topological polar surface area (TPSA) is 122 Å². The van der Waals surface area contributed by atoms with Gasteiger partial charge >= 0.3 is 11.9 Å². The van der Waals surface area contributed by atoms with E-state index in [0.29, 0.717) is 19.3 Å².